The molecule has 5 aromatic carbocycles. The number of aldehydes is 1. The first kappa shape index (κ1) is 24.7. The second-order valence-corrected chi connectivity index (χ2v) is 9.15. The quantitative estimate of drug-likeness (QED) is 0.142. The number of nitrogens with zero attached hydrogens (tertiary/aromatic N) is 1. The van der Waals surface area contributed by atoms with Crippen LogP contribution in [0.5, 0.6) is 0 Å². The Balaban J connectivity index is 1.61. The number of fused-ring (bicyclic) bond motifs is 1. The SMILES string of the molecule is Nc1cccc(C(=O)N(c2ccc3ccccc3c2)C(C=O)Cc2ccccc2)c1/C=C/c1ccccc1. The van der Waals surface area contributed by atoms with Gasteiger partial charge in [-0.3, -0.25) is 9.69 Å². The molecule has 0 saturated carbocycles. The van der Waals surface area contributed by atoms with E-state index in [2.05, 4.69) is 0 Å². The van der Waals surface area contributed by atoms with Gasteiger partial charge in [0.25, 0.3) is 5.91 Å². The molecule has 4 heteroatoms. The molecule has 38 heavy (non-hydrogen) atoms. The number of anilines is 2. The molecule has 0 heterocycles. The molecule has 0 aliphatic rings. The number of hydrogen-bond acceptors (Lipinski definition) is 3. The largest absolute Gasteiger partial charge is 0.398 e. The first-order chi connectivity index (χ1) is 18.6. The van der Waals surface area contributed by atoms with Gasteiger partial charge >= 0.3 is 0 Å². The Morgan fingerprint density at radius 2 is 1.42 bits per heavy atom. The van der Waals surface area contributed by atoms with Crippen molar-refractivity contribution in [3.63, 3.8) is 0 Å². The normalized spacial score (nSPS) is 11.9. The summed E-state index contributed by atoms with van der Waals surface area (Å²) >= 11 is 0. The molecule has 1 atom stereocenters. The van der Waals surface area contributed by atoms with Crippen molar-refractivity contribution < 1.29 is 9.59 Å². The molecule has 2 N–H and O–H groups in total. The summed E-state index contributed by atoms with van der Waals surface area (Å²) in [5, 5.41) is 2.05. The van der Waals surface area contributed by atoms with Gasteiger partial charge in [-0.25, -0.2) is 0 Å². The fraction of sp³-hybridized carbons (Fsp3) is 0.0588. The lowest BCUT2D eigenvalue weighted by atomic mass is 9.99. The Kier molecular flexibility index (Phi) is 7.42. The summed E-state index contributed by atoms with van der Waals surface area (Å²) in [5.74, 6) is -0.284. The molecule has 5 aromatic rings. The van der Waals surface area contributed by atoms with Gasteiger partial charge in [-0.2, -0.15) is 0 Å². The van der Waals surface area contributed by atoms with E-state index in [4.69, 9.17) is 5.73 Å². The van der Waals surface area contributed by atoms with E-state index in [-0.39, 0.29) is 5.91 Å². The van der Waals surface area contributed by atoms with Gasteiger partial charge in [0.05, 0.1) is 6.04 Å². The monoisotopic (exact) mass is 496 g/mol. The van der Waals surface area contributed by atoms with Gasteiger partial charge in [0, 0.05) is 28.9 Å². The number of hydrogen-bond donors (Lipinski definition) is 1. The molecule has 0 saturated heterocycles. The maximum absolute atomic E-state index is 14.3. The average Bonchev–Trinajstić information content (AvgIpc) is 2.97. The number of nitrogen functional groups attached to an aromatic ring is 1. The summed E-state index contributed by atoms with van der Waals surface area (Å²) in [6.45, 7) is 0. The van der Waals surface area contributed by atoms with Crippen LogP contribution in [0.3, 0.4) is 0 Å². The Hall–Kier alpha value is -4.96. The molecular formula is C34H28N2O2. The topological polar surface area (TPSA) is 63.4 Å². The van der Waals surface area contributed by atoms with Gasteiger partial charge in [0.2, 0.25) is 0 Å². The third-order valence-electron chi connectivity index (χ3n) is 6.62. The summed E-state index contributed by atoms with van der Waals surface area (Å²) in [7, 11) is 0. The number of rotatable bonds is 8. The van der Waals surface area contributed by atoms with Crippen molar-refractivity contribution in [1.82, 2.24) is 0 Å². The fourth-order valence-corrected chi connectivity index (χ4v) is 4.67. The Morgan fingerprint density at radius 1 is 0.737 bits per heavy atom. The second kappa shape index (κ2) is 11.4. The molecule has 4 nitrogen and oxygen atoms in total. The van der Waals surface area contributed by atoms with E-state index in [1.165, 1.54) is 0 Å². The van der Waals surface area contributed by atoms with E-state index >= 15 is 0 Å². The summed E-state index contributed by atoms with van der Waals surface area (Å²) < 4.78 is 0. The molecule has 1 unspecified atom stereocenters. The maximum Gasteiger partial charge on any atom is 0.259 e. The van der Waals surface area contributed by atoms with Crippen molar-refractivity contribution in [2.24, 2.45) is 0 Å². The number of nitrogens with two attached hydrogens (primary N) is 1. The summed E-state index contributed by atoms with van der Waals surface area (Å²) in [4.78, 5) is 28.5. The summed E-state index contributed by atoms with van der Waals surface area (Å²) in [5.41, 5.74) is 10.5. The molecule has 1 amide bonds. The van der Waals surface area contributed by atoms with E-state index in [9.17, 15) is 9.59 Å². The van der Waals surface area contributed by atoms with Crippen molar-refractivity contribution >= 4 is 46.5 Å². The Morgan fingerprint density at radius 3 is 2.16 bits per heavy atom. The van der Waals surface area contributed by atoms with Crippen LogP contribution in [-0.4, -0.2) is 18.2 Å². The van der Waals surface area contributed by atoms with Crippen molar-refractivity contribution in [3.8, 4) is 0 Å². The molecule has 0 fully saturated rings. The predicted molar refractivity (Wildman–Crippen MR) is 157 cm³/mol. The number of benzene rings is 5. The van der Waals surface area contributed by atoms with Crippen LogP contribution in [0.4, 0.5) is 11.4 Å². The molecule has 0 spiro atoms. The Labute approximate surface area is 222 Å². The highest BCUT2D eigenvalue weighted by Gasteiger charge is 2.28. The van der Waals surface area contributed by atoms with Crippen LogP contribution in [0.15, 0.2) is 121 Å². The van der Waals surface area contributed by atoms with Crippen molar-refractivity contribution in [1.29, 1.82) is 0 Å². The van der Waals surface area contributed by atoms with Crippen LogP contribution >= 0.6 is 0 Å². The number of amides is 1. The van der Waals surface area contributed by atoms with Gasteiger partial charge in [-0.1, -0.05) is 109 Å². The molecule has 186 valence electrons. The minimum atomic E-state index is -0.710. The second-order valence-electron chi connectivity index (χ2n) is 9.15. The Bertz CT molecular complexity index is 1590. The van der Waals surface area contributed by atoms with Crippen LogP contribution in [0.2, 0.25) is 0 Å². The van der Waals surface area contributed by atoms with Crippen LogP contribution in [0.1, 0.15) is 27.0 Å². The zero-order chi connectivity index (χ0) is 26.3. The lowest BCUT2D eigenvalue weighted by molar-refractivity contribution is -0.108. The van der Waals surface area contributed by atoms with Crippen molar-refractivity contribution in [2.45, 2.75) is 12.5 Å². The highest BCUT2D eigenvalue weighted by atomic mass is 16.2. The van der Waals surface area contributed by atoms with Crippen molar-refractivity contribution in [3.05, 3.63) is 144 Å². The molecule has 0 aromatic heterocycles. The van der Waals surface area contributed by atoms with Crippen LogP contribution in [-0.2, 0) is 11.2 Å². The molecule has 0 aliphatic carbocycles. The third kappa shape index (κ3) is 5.40. The standard InChI is InChI=1S/C34H28N2O2/c35-33-17-9-16-32(31(33)21-18-25-10-3-1-4-11-25)34(38)36(30(24-37)22-26-12-5-2-6-13-26)29-20-19-27-14-7-8-15-28(27)23-29/h1-21,23-24,30H,22,35H2/b21-18+. The summed E-state index contributed by atoms with van der Waals surface area (Å²) in [6, 6.07) is 38.0. The van der Waals surface area contributed by atoms with E-state index in [1.54, 1.807) is 23.1 Å². The molecule has 5 rings (SSSR count). The molecule has 0 bridgehead atoms. The third-order valence-corrected chi connectivity index (χ3v) is 6.62. The highest BCUT2D eigenvalue weighted by molar-refractivity contribution is 6.12. The highest BCUT2D eigenvalue weighted by Crippen LogP contribution is 2.29. The lowest BCUT2D eigenvalue weighted by Gasteiger charge is -2.30. The minimum Gasteiger partial charge on any atom is -0.398 e. The molecule has 0 aliphatic heterocycles. The van der Waals surface area contributed by atoms with Gasteiger partial charge in [0.1, 0.15) is 6.29 Å². The average molecular weight is 497 g/mol. The number of carbonyl (C=O) groups excluding carboxylic acids is 2. The zero-order valence-corrected chi connectivity index (χ0v) is 20.9. The predicted octanol–water partition coefficient (Wildman–Crippen LogP) is 7.05. The smallest absolute Gasteiger partial charge is 0.259 e. The van der Waals surface area contributed by atoms with Gasteiger partial charge in [-0.15, -0.1) is 0 Å². The zero-order valence-electron chi connectivity index (χ0n) is 20.9. The van der Waals surface area contributed by atoms with Gasteiger partial charge < -0.3 is 10.5 Å². The first-order valence-electron chi connectivity index (χ1n) is 12.6. The van der Waals surface area contributed by atoms with Crippen molar-refractivity contribution in [2.75, 3.05) is 10.6 Å². The van der Waals surface area contributed by atoms with Crippen LogP contribution < -0.4 is 10.6 Å². The summed E-state index contributed by atoms with van der Waals surface area (Å²) in [6.07, 6.45) is 5.04. The van der Waals surface area contributed by atoms with Gasteiger partial charge in [-0.05, 0) is 46.2 Å². The minimum absolute atomic E-state index is 0.284. The first-order valence-corrected chi connectivity index (χ1v) is 12.6. The van der Waals surface area contributed by atoms with Gasteiger partial charge in [0.15, 0.2) is 0 Å². The lowest BCUT2D eigenvalue weighted by Crippen LogP contribution is -2.43. The van der Waals surface area contributed by atoms with E-state index in [0.717, 1.165) is 28.2 Å². The van der Waals surface area contributed by atoms with Crippen LogP contribution in [0, 0.1) is 0 Å². The van der Waals surface area contributed by atoms with Crippen LogP contribution in [0.25, 0.3) is 22.9 Å². The molecular weight excluding hydrogens is 468 g/mol. The molecule has 0 radical (unpaired) electrons. The fourth-order valence-electron chi connectivity index (χ4n) is 4.67. The maximum atomic E-state index is 14.3. The van der Waals surface area contributed by atoms with E-state index in [1.807, 2.05) is 115 Å². The van der Waals surface area contributed by atoms with E-state index < -0.39 is 6.04 Å². The van der Waals surface area contributed by atoms with E-state index in [0.29, 0.717) is 28.9 Å². The number of carbonyl (C=O) groups is 2.